The molecule has 0 aliphatic heterocycles. The molecule has 0 radical (unpaired) electrons. The molecule has 0 bridgehead atoms. The molecule has 0 spiro atoms. The zero-order valence-corrected chi connectivity index (χ0v) is 28.5. The topological polar surface area (TPSA) is 3.24 Å². The fraction of sp³-hybridized carbons (Fsp3) is 0.125. The van der Waals surface area contributed by atoms with E-state index in [9.17, 15) is 0 Å². The van der Waals surface area contributed by atoms with Crippen LogP contribution in [0, 0.1) is 0 Å². The van der Waals surface area contributed by atoms with Gasteiger partial charge in [0.2, 0.25) is 0 Å². The lowest BCUT2D eigenvalue weighted by Crippen LogP contribution is -2.10. The van der Waals surface area contributed by atoms with Crippen LogP contribution in [0.5, 0.6) is 0 Å². The van der Waals surface area contributed by atoms with Crippen LogP contribution in [0.25, 0.3) is 44.5 Å². The number of hydrogen-bond acceptors (Lipinski definition) is 1. The molecule has 0 aliphatic rings. The van der Waals surface area contributed by atoms with Crippen LogP contribution in [0.1, 0.15) is 37.8 Å². The highest BCUT2D eigenvalue weighted by Crippen LogP contribution is 2.50. The Morgan fingerprint density at radius 2 is 0.571 bits per heavy atom. The molecule has 0 atom stereocenters. The summed E-state index contributed by atoms with van der Waals surface area (Å²) in [5.41, 5.74) is 16.8. The highest BCUT2D eigenvalue weighted by molar-refractivity contribution is 6.01. The van der Waals surface area contributed by atoms with Crippen LogP contribution < -0.4 is 4.90 Å². The third-order valence-electron chi connectivity index (χ3n) is 9.34. The first-order valence-corrected chi connectivity index (χ1v) is 17.7. The number of anilines is 3. The van der Waals surface area contributed by atoms with E-state index >= 15 is 0 Å². The number of para-hydroxylation sites is 2. The molecule has 49 heavy (non-hydrogen) atoms. The third kappa shape index (κ3) is 6.58. The lowest BCUT2D eigenvalue weighted by Gasteiger charge is -2.29. The van der Waals surface area contributed by atoms with Gasteiger partial charge in [-0.25, -0.2) is 0 Å². The van der Waals surface area contributed by atoms with E-state index in [1.165, 1.54) is 55.6 Å². The van der Waals surface area contributed by atoms with Crippen molar-refractivity contribution in [2.75, 3.05) is 4.90 Å². The molecule has 0 saturated carbocycles. The molecule has 1 heteroatoms. The summed E-state index contributed by atoms with van der Waals surface area (Å²) in [6.07, 6.45) is 4.08. The minimum atomic E-state index is 0.980. The second-order valence-electron chi connectivity index (χ2n) is 12.6. The van der Waals surface area contributed by atoms with Crippen LogP contribution in [0.15, 0.2) is 176 Å². The first-order valence-electron chi connectivity index (χ1n) is 17.7. The van der Waals surface area contributed by atoms with Crippen molar-refractivity contribution in [1.29, 1.82) is 0 Å². The van der Waals surface area contributed by atoms with Gasteiger partial charge >= 0.3 is 0 Å². The molecular weight excluding hydrogens is 591 g/mol. The lowest BCUT2D eigenvalue weighted by molar-refractivity contribution is 0.910. The second kappa shape index (κ2) is 15.0. The molecule has 7 aromatic rings. The van der Waals surface area contributed by atoms with Crippen molar-refractivity contribution in [2.24, 2.45) is 0 Å². The maximum Gasteiger partial charge on any atom is 0.0462 e. The quantitative estimate of drug-likeness (QED) is 0.137. The van der Waals surface area contributed by atoms with E-state index in [4.69, 9.17) is 0 Å². The smallest absolute Gasteiger partial charge is 0.0462 e. The van der Waals surface area contributed by atoms with Gasteiger partial charge < -0.3 is 4.90 Å². The van der Waals surface area contributed by atoms with Crippen LogP contribution in [-0.2, 0) is 12.8 Å². The Labute approximate surface area is 292 Å². The van der Waals surface area contributed by atoms with E-state index in [0.717, 1.165) is 42.7 Å². The molecule has 0 amide bonds. The Morgan fingerprint density at radius 1 is 0.306 bits per heavy atom. The average Bonchev–Trinajstić information content (AvgIpc) is 3.17. The Balaban J connectivity index is 1.54. The van der Waals surface area contributed by atoms with Gasteiger partial charge in [-0.1, -0.05) is 166 Å². The first-order chi connectivity index (χ1) is 24.3. The maximum absolute atomic E-state index is 2.35. The highest BCUT2D eigenvalue weighted by Gasteiger charge is 2.26. The standard InChI is InChI=1S/C48H43N/c1-3-20-43-45(36-22-10-5-11-23-36)46(37-24-12-6-13-25-37)44(21-4-2)48(47(43)38-26-14-7-15-27-38)39-32-34-42(35-33-39)49(40-28-16-8-17-29-40)41-30-18-9-19-31-41/h5-19,22-35H,3-4,20-21H2,1-2H3. The molecule has 0 N–H and O–H groups in total. The minimum Gasteiger partial charge on any atom is -0.311 e. The molecule has 0 aromatic heterocycles. The molecule has 0 aliphatic carbocycles. The van der Waals surface area contributed by atoms with Gasteiger partial charge in [0.1, 0.15) is 0 Å². The Kier molecular flexibility index (Phi) is 9.80. The third-order valence-corrected chi connectivity index (χ3v) is 9.34. The van der Waals surface area contributed by atoms with Crippen LogP contribution >= 0.6 is 0 Å². The molecule has 240 valence electrons. The molecule has 0 saturated heterocycles. The summed E-state index contributed by atoms with van der Waals surface area (Å²) in [5.74, 6) is 0. The van der Waals surface area contributed by atoms with Crippen molar-refractivity contribution < 1.29 is 0 Å². The van der Waals surface area contributed by atoms with Crippen molar-refractivity contribution in [3.8, 4) is 44.5 Å². The van der Waals surface area contributed by atoms with Crippen LogP contribution in [0.3, 0.4) is 0 Å². The minimum absolute atomic E-state index is 0.980. The first kappa shape index (κ1) is 31.9. The summed E-state index contributed by atoms with van der Waals surface area (Å²) in [6.45, 7) is 4.62. The Bertz CT molecular complexity index is 2050. The van der Waals surface area contributed by atoms with Gasteiger partial charge in [-0.15, -0.1) is 0 Å². The Hall–Kier alpha value is -5.66. The fourth-order valence-electron chi connectivity index (χ4n) is 7.32. The van der Waals surface area contributed by atoms with Crippen molar-refractivity contribution >= 4 is 17.1 Å². The van der Waals surface area contributed by atoms with E-state index < -0.39 is 0 Å². The van der Waals surface area contributed by atoms with E-state index in [1.807, 2.05) is 0 Å². The number of hydrogen-bond donors (Lipinski definition) is 0. The molecule has 0 fully saturated rings. The van der Waals surface area contributed by atoms with Gasteiger partial charge in [0, 0.05) is 17.1 Å². The number of rotatable bonds is 11. The summed E-state index contributed by atoms with van der Waals surface area (Å²) in [5, 5.41) is 0. The summed E-state index contributed by atoms with van der Waals surface area (Å²) < 4.78 is 0. The van der Waals surface area contributed by atoms with Crippen molar-refractivity contribution in [3.05, 3.63) is 187 Å². The van der Waals surface area contributed by atoms with Gasteiger partial charge in [-0.05, 0) is 105 Å². The fourth-order valence-corrected chi connectivity index (χ4v) is 7.32. The summed E-state index contributed by atoms with van der Waals surface area (Å²) in [6, 6.07) is 63.8. The monoisotopic (exact) mass is 633 g/mol. The predicted molar refractivity (Wildman–Crippen MR) is 211 cm³/mol. The summed E-state index contributed by atoms with van der Waals surface area (Å²) in [7, 11) is 0. The van der Waals surface area contributed by atoms with Crippen LogP contribution in [-0.4, -0.2) is 0 Å². The number of benzene rings is 7. The Morgan fingerprint density at radius 3 is 0.878 bits per heavy atom. The van der Waals surface area contributed by atoms with Gasteiger partial charge in [0.05, 0.1) is 0 Å². The molecule has 0 heterocycles. The number of nitrogens with zero attached hydrogens (tertiary/aromatic N) is 1. The van der Waals surface area contributed by atoms with Gasteiger partial charge in [0.15, 0.2) is 0 Å². The average molecular weight is 634 g/mol. The molecule has 1 nitrogen and oxygen atoms in total. The van der Waals surface area contributed by atoms with Crippen molar-refractivity contribution in [1.82, 2.24) is 0 Å². The molecule has 0 unspecified atom stereocenters. The normalized spacial score (nSPS) is 11.0. The molecule has 7 aromatic carbocycles. The molecule has 7 rings (SSSR count). The van der Waals surface area contributed by atoms with Gasteiger partial charge in [-0.2, -0.15) is 0 Å². The van der Waals surface area contributed by atoms with Crippen LogP contribution in [0.4, 0.5) is 17.1 Å². The van der Waals surface area contributed by atoms with Crippen molar-refractivity contribution in [2.45, 2.75) is 39.5 Å². The summed E-state index contributed by atoms with van der Waals surface area (Å²) >= 11 is 0. The van der Waals surface area contributed by atoms with E-state index in [-0.39, 0.29) is 0 Å². The zero-order chi connectivity index (χ0) is 33.4. The van der Waals surface area contributed by atoms with E-state index in [2.05, 4.69) is 195 Å². The predicted octanol–water partition coefficient (Wildman–Crippen LogP) is 13.7. The SMILES string of the molecule is CCCc1c(-c2ccccc2)c(-c2ccccc2)c(CCC)c(-c2ccc(N(c3ccccc3)c3ccccc3)cc2)c1-c1ccccc1. The van der Waals surface area contributed by atoms with Crippen LogP contribution in [0.2, 0.25) is 0 Å². The highest BCUT2D eigenvalue weighted by atomic mass is 15.1. The van der Waals surface area contributed by atoms with E-state index in [0.29, 0.717) is 0 Å². The zero-order valence-electron chi connectivity index (χ0n) is 28.5. The van der Waals surface area contributed by atoms with Gasteiger partial charge in [-0.3, -0.25) is 0 Å². The second-order valence-corrected chi connectivity index (χ2v) is 12.6. The van der Waals surface area contributed by atoms with Crippen molar-refractivity contribution in [3.63, 3.8) is 0 Å². The largest absolute Gasteiger partial charge is 0.311 e. The lowest BCUT2D eigenvalue weighted by atomic mass is 9.75. The van der Waals surface area contributed by atoms with Gasteiger partial charge in [0.25, 0.3) is 0 Å². The molecular formula is C48H43N. The van der Waals surface area contributed by atoms with E-state index in [1.54, 1.807) is 0 Å². The maximum atomic E-state index is 2.35. The summed E-state index contributed by atoms with van der Waals surface area (Å²) in [4.78, 5) is 2.34.